The van der Waals surface area contributed by atoms with Crippen LogP contribution in [0.25, 0.3) is 0 Å². The summed E-state index contributed by atoms with van der Waals surface area (Å²) < 4.78 is 37.1. The summed E-state index contributed by atoms with van der Waals surface area (Å²) in [6.07, 6.45) is 10.2. The van der Waals surface area contributed by atoms with E-state index in [4.69, 9.17) is 0 Å². The van der Waals surface area contributed by atoms with E-state index >= 15 is 0 Å². The number of halogens is 3. The van der Waals surface area contributed by atoms with Crippen molar-refractivity contribution in [3.8, 4) is 0 Å². The smallest absolute Gasteiger partial charge is 0.171 e. The molecule has 0 bridgehead atoms. The molecule has 0 spiro atoms. The number of hydrogen-bond donors (Lipinski definition) is 0. The highest BCUT2D eigenvalue weighted by molar-refractivity contribution is 5.26. The van der Waals surface area contributed by atoms with Crippen molar-refractivity contribution in [1.82, 2.24) is 0 Å². The molecule has 1 aromatic carbocycles. The summed E-state index contributed by atoms with van der Waals surface area (Å²) in [5, 5.41) is 0. The summed E-state index contributed by atoms with van der Waals surface area (Å²) >= 11 is 0. The van der Waals surface area contributed by atoms with Gasteiger partial charge in [0.15, 0.2) is 0 Å². The molecule has 27 heavy (non-hydrogen) atoms. The third-order valence-electron chi connectivity index (χ3n) is 6.20. The van der Waals surface area contributed by atoms with Crippen LogP contribution in [0, 0.1) is 5.92 Å². The summed E-state index contributed by atoms with van der Waals surface area (Å²) in [7, 11) is 0. The van der Waals surface area contributed by atoms with Crippen molar-refractivity contribution in [2.75, 3.05) is 0 Å². The van der Waals surface area contributed by atoms with Crippen molar-refractivity contribution in [1.29, 1.82) is 0 Å². The largest absolute Gasteiger partial charge is 0.389 e. The van der Waals surface area contributed by atoms with Gasteiger partial charge in [-0.15, -0.1) is 0 Å². The van der Waals surface area contributed by atoms with Gasteiger partial charge in [0.1, 0.15) is 0 Å². The van der Waals surface area contributed by atoms with Gasteiger partial charge in [-0.3, -0.25) is 0 Å². The van der Waals surface area contributed by atoms with Gasteiger partial charge in [0.2, 0.25) is 0 Å². The standard InChI is InChI=1S/C24H37F3/c1-2-3-4-5-6-7-8-9-20-10-14-22(15-11-20)23-16-12-21(13-17-23)18-19-24(25,26)27/h10-11,14-15,21,23H,2-9,12-13,16-19H2,1H3/t21-,23-. The maximum atomic E-state index is 12.4. The van der Waals surface area contributed by atoms with Crippen LogP contribution in [0.3, 0.4) is 0 Å². The van der Waals surface area contributed by atoms with E-state index in [9.17, 15) is 13.2 Å². The Morgan fingerprint density at radius 1 is 0.815 bits per heavy atom. The molecule has 0 aromatic heterocycles. The molecule has 1 aliphatic carbocycles. The van der Waals surface area contributed by atoms with Gasteiger partial charge < -0.3 is 0 Å². The van der Waals surface area contributed by atoms with E-state index in [0.717, 1.165) is 32.1 Å². The van der Waals surface area contributed by atoms with Crippen LogP contribution in [0.15, 0.2) is 24.3 Å². The monoisotopic (exact) mass is 382 g/mol. The second-order valence-corrected chi connectivity index (χ2v) is 8.48. The quantitative estimate of drug-likeness (QED) is 0.336. The topological polar surface area (TPSA) is 0 Å². The summed E-state index contributed by atoms with van der Waals surface area (Å²) in [6.45, 7) is 2.25. The average Bonchev–Trinajstić information content (AvgIpc) is 2.66. The van der Waals surface area contributed by atoms with Gasteiger partial charge in [-0.05, 0) is 67.9 Å². The van der Waals surface area contributed by atoms with Crippen molar-refractivity contribution in [2.24, 2.45) is 5.92 Å². The zero-order chi connectivity index (χ0) is 19.5. The molecule has 0 N–H and O–H groups in total. The van der Waals surface area contributed by atoms with E-state index in [0.29, 0.717) is 12.3 Å². The molecule has 1 fully saturated rings. The van der Waals surface area contributed by atoms with E-state index < -0.39 is 12.6 Å². The van der Waals surface area contributed by atoms with Gasteiger partial charge in [-0.2, -0.15) is 13.2 Å². The molecule has 1 aromatic rings. The van der Waals surface area contributed by atoms with Crippen LogP contribution < -0.4 is 0 Å². The van der Waals surface area contributed by atoms with Crippen LogP contribution in [0.5, 0.6) is 0 Å². The molecule has 0 heterocycles. The Morgan fingerprint density at radius 3 is 2.00 bits per heavy atom. The van der Waals surface area contributed by atoms with Gasteiger partial charge in [0.05, 0.1) is 0 Å². The summed E-state index contributed by atoms with van der Waals surface area (Å²) in [5.74, 6) is 0.805. The van der Waals surface area contributed by atoms with Crippen LogP contribution in [0.1, 0.15) is 107 Å². The molecule has 154 valence electrons. The minimum absolute atomic E-state index is 0.263. The van der Waals surface area contributed by atoms with Gasteiger partial charge in [-0.25, -0.2) is 0 Å². The summed E-state index contributed by atoms with van der Waals surface area (Å²) in [4.78, 5) is 0. The van der Waals surface area contributed by atoms with Crippen LogP contribution in [-0.4, -0.2) is 6.18 Å². The first-order valence-electron chi connectivity index (χ1n) is 11.1. The van der Waals surface area contributed by atoms with Crippen LogP contribution in [-0.2, 0) is 6.42 Å². The number of unbranched alkanes of at least 4 members (excludes halogenated alkanes) is 6. The Morgan fingerprint density at radius 2 is 1.41 bits per heavy atom. The molecule has 0 unspecified atom stereocenters. The van der Waals surface area contributed by atoms with Crippen molar-refractivity contribution in [3.05, 3.63) is 35.4 Å². The van der Waals surface area contributed by atoms with E-state index in [1.54, 1.807) is 0 Å². The molecule has 0 atom stereocenters. The van der Waals surface area contributed by atoms with Crippen molar-refractivity contribution in [3.63, 3.8) is 0 Å². The molecular formula is C24H37F3. The van der Waals surface area contributed by atoms with Gasteiger partial charge in [-0.1, -0.05) is 69.7 Å². The zero-order valence-electron chi connectivity index (χ0n) is 17.0. The maximum Gasteiger partial charge on any atom is 0.389 e. The van der Waals surface area contributed by atoms with E-state index in [-0.39, 0.29) is 5.92 Å². The van der Waals surface area contributed by atoms with Crippen molar-refractivity contribution < 1.29 is 13.2 Å². The molecule has 0 radical (unpaired) electrons. The molecule has 0 saturated heterocycles. The lowest BCUT2D eigenvalue weighted by Gasteiger charge is -2.29. The first-order valence-corrected chi connectivity index (χ1v) is 11.1. The van der Waals surface area contributed by atoms with Crippen molar-refractivity contribution in [2.45, 2.75) is 109 Å². The fourth-order valence-electron chi connectivity index (χ4n) is 4.39. The molecular weight excluding hydrogens is 345 g/mol. The highest BCUT2D eigenvalue weighted by atomic mass is 19.4. The lowest BCUT2D eigenvalue weighted by molar-refractivity contribution is -0.138. The third kappa shape index (κ3) is 9.17. The predicted octanol–water partition coefficient (Wildman–Crippen LogP) is 8.60. The lowest BCUT2D eigenvalue weighted by Crippen LogP contribution is -2.16. The molecule has 3 heteroatoms. The number of alkyl halides is 3. The lowest BCUT2D eigenvalue weighted by atomic mass is 9.77. The Bertz CT molecular complexity index is 495. The van der Waals surface area contributed by atoms with E-state index in [1.807, 2.05) is 0 Å². The molecule has 0 aliphatic heterocycles. The Labute approximate surface area is 163 Å². The predicted molar refractivity (Wildman–Crippen MR) is 108 cm³/mol. The van der Waals surface area contributed by atoms with Crippen LogP contribution in [0.4, 0.5) is 13.2 Å². The Balaban J connectivity index is 1.64. The van der Waals surface area contributed by atoms with Crippen LogP contribution >= 0.6 is 0 Å². The molecule has 0 amide bonds. The first-order chi connectivity index (χ1) is 13.0. The fourth-order valence-corrected chi connectivity index (χ4v) is 4.39. The number of rotatable bonds is 11. The normalized spacial score (nSPS) is 20.7. The highest BCUT2D eigenvalue weighted by Gasteiger charge is 2.30. The minimum Gasteiger partial charge on any atom is -0.171 e. The molecule has 0 nitrogen and oxygen atoms in total. The van der Waals surface area contributed by atoms with Crippen LogP contribution in [0.2, 0.25) is 0 Å². The third-order valence-corrected chi connectivity index (χ3v) is 6.20. The van der Waals surface area contributed by atoms with E-state index in [1.165, 1.54) is 56.1 Å². The molecule has 1 saturated carbocycles. The summed E-state index contributed by atoms with van der Waals surface area (Å²) in [6, 6.07) is 9.05. The first kappa shape index (κ1) is 22.3. The van der Waals surface area contributed by atoms with E-state index in [2.05, 4.69) is 31.2 Å². The average molecular weight is 383 g/mol. The van der Waals surface area contributed by atoms with Crippen molar-refractivity contribution >= 4 is 0 Å². The highest BCUT2D eigenvalue weighted by Crippen LogP contribution is 2.39. The zero-order valence-corrected chi connectivity index (χ0v) is 17.0. The minimum atomic E-state index is -4.00. The summed E-state index contributed by atoms with van der Waals surface area (Å²) in [5.41, 5.74) is 2.80. The number of aryl methyl sites for hydroxylation is 1. The van der Waals surface area contributed by atoms with Gasteiger partial charge >= 0.3 is 6.18 Å². The Kier molecular flexibility index (Phi) is 9.72. The fraction of sp³-hybridized carbons (Fsp3) is 0.750. The van der Waals surface area contributed by atoms with Gasteiger partial charge in [0, 0.05) is 6.42 Å². The second-order valence-electron chi connectivity index (χ2n) is 8.48. The molecule has 1 aliphatic rings. The van der Waals surface area contributed by atoms with Gasteiger partial charge in [0.25, 0.3) is 0 Å². The second kappa shape index (κ2) is 11.8. The molecule has 2 rings (SSSR count). The number of hydrogen-bond acceptors (Lipinski definition) is 0. The maximum absolute atomic E-state index is 12.4. The SMILES string of the molecule is CCCCCCCCCc1ccc([C@H]2CC[C@H](CCC(F)(F)F)CC2)cc1. The Hall–Kier alpha value is -0.990. The number of benzene rings is 1.